The van der Waals surface area contributed by atoms with Crippen LogP contribution in [0, 0.1) is 6.92 Å². The molecule has 0 bridgehead atoms. The number of carbonyl (C=O) groups excluding carboxylic acids is 1. The number of nitrogens with one attached hydrogen (secondary N) is 2. The van der Waals surface area contributed by atoms with Crippen molar-refractivity contribution in [1.29, 1.82) is 0 Å². The Kier molecular flexibility index (Phi) is 6.78. The van der Waals surface area contributed by atoms with Crippen LogP contribution in [0.5, 0.6) is 11.6 Å². The van der Waals surface area contributed by atoms with E-state index in [4.69, 9.17) is 23.9 Å². The molecule has 2 aromatic heterocycles. The number of amides is 1. The first-order valence-corrected chi connectivity index (χ1v) is 14.5. The normalized spacial score (nSPS) is 17.2. The molecule has 10 heteroatoms. The van der Waals surface area contributed by atoms with Gasteiger partial charge in [-0.25, -0.2) is 9.97 Å². The Balaban J connectivity index is 1.19. The highest BCUT2D eigenvalue weighted by Crippen LogP contribution is 2.41. The average molecular weight is 567 g/mol. The lowest BCUT2D eigenvalue weighted by atomic mass is 10.0. The molecule has 0 radical (unpaired) electrons. The Morgan fingerprint density at radius 1 is 1.07 bits per heavy atom. The molecular formula is C32H34N6O4. The minimum atomic E-state index is -0.115. The van der Waals surface area contributed by atoms with Gasteiger partial charge in [-0.1, -0.05) is 12.1 Å². The Labute approximate surface area is 244 Å². The number of allylic oxidation sites excluding steroid dienone is 1. The molecule has 10 nitrogen and oxygen atoms in total. The molecule has 2 fully saturated rings. The molecule has 1 amide bonds. The van der Waals surface area contributed by atoms with Gasteiger partial charge in [-0.2, -0.15) is 4.98 Å². The number of aryl methyl sites for hydroxylation is 1. The number of ether oxygens (including phenoxy) is 2. The first-order valence-electron chi connectivity index (χ1n) is 14.5. The van der Waals surface area contributed by atoms with Crippen molar-refractivity contribution in [2.45, 2.75) is 51.2 Å². The van der Waals surface area contributed by atoms with Gasteiger partial charge >= 0.3 is 0 Å². The summed E-state index contributed by atoms with van der Waals surface area (Å²) in [4.78, 5) is 29.2. The second-order valence-electron chi connectivity index (χ2n) is 11.4. The van der Waals surface area contributed by atoms with E-state index in [1.165, 1.54) is 0 Å². The van der Waals surface area contributed by atoms with Crippen molar-refractivity contribution >= 4 is 34.2 Å². The number of oxazole rings is 1. The quantitative estimate of drug-likeness (QED) is 0.303. The van der Waals surface area contributed by atoms with Gasteiger partial charge in [-0.05, 0) is 74.2 Å². The molecule has 1 saturated heterocycles. The van der Waals surface area contributed by atoms with Crippen LogP contribution >= 0.6 is 0 Å². The zero-order chi connectivity index (χ0) is 28.8. The Morgan fingerprint density at radius 3 is 2.69 bits per heavy atom. The van der Waals surface area contributed by atoms with Gasteiger partial charge in [-0.3, -0.25) is 4.79 Å². The first-order chi connectivity index (χ1) is 20.4. The lowest BCUT2D eigenvalue weighted by Crippen LogP contribution is -2.57. The summed E-state index contributed by atoms with van der Waals surface area (Å²) >= 11 is 0. The Morgan fingerprint density at radius 2 is 1.90 bits per heavy atom. The van der Waals surface area contributed by atoms with Crippen LogP contribution in [0.4, 0.5) is 11.6 Å². The van der Waals surface area contributed by atoms with E-state index in [1.807, 2.05) is 32.2 Å². The molecule has 2 aromatic carbocycles. The van der Waals surface area contributed by atoms with Gasteiger partial charge in [-0.15, -0.1) is 0 Å². The topological polar surface area (TPSA) is 115 Å². The molecule has 216 valence electrons. The van der Waals surface area contributed by atoms with Crippen molar-refractivity contribution < 1.29 is 18.7 Å². The predicted octanol–water partition coefficient (Wildman–Crippen LogP) is 5.03. The fraction of sp³-hybridized carbons (Fsp3) is 0.375. The molecule has 3 heterocycles. The second kappa shape index (κ2) is 10.8. The molecule has 2 aliphatic carbocycles. The monoisotopic (exact) mass is 566 g/mol. The lowest BCUT2D eigenvalue weighted by molar-refractivity contribution is 0.0857. The fourth-order valence-corrected chi connectivity index (χ4v) is 6.09. The summed E-state index contributed by atoms with van der Waals surface area (Å²) in [5, 5.41) is 6.39. The SMILES string of the molecule is COc1cc(C(=O)NC2CN(C)C2)ccc1Nc1nc2c(c(OC3CCCC3)n1)C(c1ccc3nc(C)oc3c1)=CC2. The van der Waals surface area contributed by atoms with Gasteiger partial charge in [0.05, 0.1) is 30.1 Å². The van der Waals surface area contributed by atoms with Crippen LogP contribution in [-0.4, -0.2) is 65.2 Å². The average Bonchev–Trinajstić information content (AvgIpc) is 3.71. The number of hydrogen-bond acceptors (Lipinski definition) is 9. The number of carbonyl (C=O) groups is 1. The van der Waals surface area contributed by atoms with Gasteiger partial charge in [0, 0.05) is 32.0 Å². The number of likely N-dealkylation sites (tertiary alicyclic amines) is 1. The number of anilines is 2. The standard InChI is InChI=1S/C32H34N6O4/c1-18-33-25-11-8-19(14-28(25)41-18)23-10-13-26-29(23)31(42-22-6-4-5-7-22)37-32(36-26)35-24-12-9-20(15-27(24)40-3)30(39)34-21-16-38(2)17-21/h8-12,14-15,21-22H,4-7,13,16-17H2,1-3H3,(H,34,39)(H,35,36,37). The molecule has 0 spiro atoms. The summed E-state index contributed by atoms with van der Waals surface area (Å²) in [5.41, 5.74) is 6.66. The van der Waals surface area contributed by atoms with Crippen LogP contribution in [0.3, 0.4) is 0 Å². The maximum absolute atomic E-state index is 12.8. The van der Waals surface area contributed by atoms with E-state index in [9.17, 15) is 4.79 Å². The Hall–Kier alpha value is -4.44. The number of methoxy groups -OCH3 is 1. The van der Waals surface area contributed by atoms with Crippen LogP contribution in [0.1, 0.15) is 58.8 Å². The van der Waals surface area contributed by atoms with E-state index in [0.29, 0.717) is 41.1 Å². The van der Waals surface area contributed by atoms with E-state index >= 15 is 0 Å². The lowest BCUT2D eigenvalue weighted by Gasteiger charge is -2.36. The number of nitrogens with zero attached hydrogens (tertiary/aromatic N) is 4. The van der Waals surface area contributed by atoms with Gasteiger partial charge in [0.15, 0.2) is 11.5 Å². The number of fused-ring (bicyclic) bond motifs is 2. The number of likely N-dealkylation sites (N-methyl/N-ethyl adjacent to an activating group) is 1. The first kappa shape index (κ1) is 26.5. The fourth-order valence-electron chi connectivity index (χ4n) is 6.09. The van der Waals surface area contributed by atoms with Crippen LogP contribution < -0.4 is 20.1 Å². The summed E-state index contributed by atoms with van der Waals surface area (Å²) in [6.45, 7) is 3.56. The third-order valence-corrected chi connectivity index (χ3v) is 8.22. The van der Waals surface area contributed by atoms with Gasteiger partial charge in [0.25, 0.3) is 5.91 Å². The molecular weight excluding hydrogens is 532 g/mol. The third kappa shape index (κ3) is 5.07. The highest BCUT2D eigenvalue weighted by molar-refractivity contribution is 5.96. The third-order valence-electron chi connectivity index (χ3n) is 8.22. The number of benzene rings is 2. The van der Waals surface area contributed by atoms with Crippen LogP contribution in [-0.2, 0) is 6.42 Å². The highest BCUT2D eigenvalue weighted by atomic mass is 16.5. The number of aromatic nitrogens is 3. The summed E-state index contributed by atoms with van der Waals surface area (Å²) in [5.74, 6) is 2.06. The summed E-state index contributed by atoms with van der Waals surface area (Å²) in [6.07, 6.45) is 7.28. The zero-order valence-corrected chi connectivity index (χ0v) is 24.1. The largest absolute Gasteiger partial charge is 0.495 e. The second-order valence-corrected chi connectivity index (χ2v) is 11.4. The Bertz CT molecular complexity index is 1700. The molecule has 4 aromatic rings. The van der Waals surface area contributed by atoms with E-state index in [1.54, 1.807) is 19.2 Å². The maximum Gasteiger partial charge on any atom is 0.251 e. The van der Waals surface area contributed by atoms with Crippen LogP contribution in [0.15, 0.2) is 46.9 Å². The van der Waals surface area contributed by atoms with Crippen molar-refractivity contribution in [3.05, 3.63) is 70.7 Å². The summed E-state index contributed by atoms with van der Waals surface area (Å²) < 4.78 is 18.0. The molecule has 1 saturated carbocycles. The molecule has 0 unspecified atom stereocenters. The molecule has 7 rings (SSSR count). The van der Waals surface area contributed by atoms with Gasteiger partial charge in [0.2, 0.25) is 11.8 Å². The predicted molar refractivity (Wildman–Crippen MR) is 159 cm³/mol. The summed E-state index contributed by atoms with van der Waals surface area (Å²) in [6, 6.07) is 11.6. The number of rotatable bonds is 8. The van der Waals surface area contributed by atoms with Crippen LogP contribution in [0.2, 0.25) is 0 Å². The van der Waals surface area contributed by atoms with E-state index in [0.717, 1.165) is 72.3 Å². The van der Waals surface area contributed by atoms with E-state index in [2.05, 4.69) is 32.7 Å². The summed E-state index contributed by atoms with van der Waals surface area (Å²) in [7, 11) is 3.62. The molecule has 2 N–H and O–H groups in total. The minimum Gasteiger partial charge on any atom is -0.495 e. The van der Waals surface area contributed by atoms with Crippen molar-refractivity contribution in [1.82, 2.24) is 25.2 Å². The van der Waals surface area contributed by atoms with Gasteiger partial charge in [0.1, 0.15) is 17.4 Å². The smallest absolute Gasteiger partial charge is 0.251 e. The van der Waals surface area contributed by atoms with Crippen molar-refractivity contribution in [2.24, 2.45) is 0 Å². The van der Waals surface area contributed by atoms with Crippen LogP contribution in [0.25, 0.3) is 16.7 Å². The highest BCUT2D eigenvalue weighted by Gasteiger charge is 2.29. The molecule has 0 atom stereocenters. The molecule has 3 aliphatic rings. The minimum absolute atomic E-state index is 0.115. The zero-order valence-electron chi connectivity index (χ0n) is 24.1. The molecule has 1 aliphatic heterocycles. The number of hydrogen-bond donors (Lipinski definition) is 2. The van der Waals surface area contributed by atoms with Crippen molar-refractivity contribution in [2.75, 3.05) is 32.6 Å². The van der Waals surface area contributed by atoms with E-state index in [-0.39, 0.29) is 18.1 Å². The van der Waals surface area contributed by atoms with E-state index < -0.39 is 0 Å². The molecule has 42 heavy (non-hydrogen) atoms. The maximum atomic E-state index is 12.8. The van der Waals surface area contributed by atoms with Gasteiger partial charge < -0.3 is 29.4 Å². The van der Waals surface area contributed by atoms with Crippen molar-refractivity contribution in [3.63, 3.8) is 0 Å². The van der Waals surface area contributed by atoms with Crippen molar-refractivity contribution in [3.8, 4) is 11.6 Å².